The number of pyridine rings is 1. The van der Waals surface area contributed by atoms with Crippen LogP contribution in [0.25, 0.3) is 33.2 Å². The van der Waals surface area contributed by atoms with Gasteiger partial charge in [0.1, 0.15) is 5.54 Å². The molecule has 0 radical (unpaired) electrons. The van der Waals surface area contributed by atoms with Crippen LogP contribution in [-0.2, 0) is 5.54 Å². The molecule has 2 N–H and O–H groups in total. The number of carbonyl (C=O) groups is 1. The Morgan fingerprint density at radius 3 is 1.80 bits per heavy atom. The summed E-state index contributed by atoms with van der Waals surface area (Å²) < 4.78 is 2.25. The van der Waals surface area contributed by atoms with Crippen molar-refractivity contribution in [1.82, 2.24) is 30.0 Å². The van der Waals surface area contributed by atoms with E-state index in [1.54, 1.807) is 0 Å². The lowest BCUT2D eigenvalue weighted by molar-refractivity contribution is 0.0930. The topological polar surface area (TPSA) is 88.5 Å². The lowest BCUT2D eigenvalue weighted by Gasteiger charge is -2.37. The van der Waals surface area contributed by atoms with Gasteiger partial charge in [-0.05, 0) is 60.4 Å². The van der Waals surface area contributed by atoms with Crippen LogP contribution in [0.1, 0.15) is 51.5 Å². The highest BCUT2D eigenvalue weighted by molar-refractivity contribution is 6.03. The smallest absolute Gasteiger partial charge is 0.289 e. The average Bonchev–Trinajstić information content (AvgIpc) is 3.74. The van der Waals surface area contributed by atoms with Crippen molar-refractivity contribution in [1.29, 1.82) is 0 Å². The highest BCUT2D eigenvalue weighted by Crippen LogP contribution is 2.44. The fraction of sp³-hybridized carbons (Fsp3) is 0.0952. The third-order valence-electron chi connectivity index (χ3n) is 9.23. The van der Waals surface area contributed by atoms with E-state index in [9.17, 15) is 4.79 Å². The summed E-state index contributed by atoms with van der Waals surface area (Å²) in [5, 5.41) is 7.89. The summed E-state index contributed by atoms with van der Waals surface area (Å²) in [5.41, 5.74) is 8.48. The van der Waals surface area contributed by atoms with Crippen molar-refractivity contribution in [2.45, 2.75) is 25.4 Å². The maximum Gasteiger partial charge on any atom is 0.289 e. The van der Waals surface area contributed by atoms with Gasteiger partial charge in [0.2, 0.25) is 5.82 Å². The van der Waals surface area contributed by atoms with Crippen LogP contribution in [0.4, 0.5) is 0 Å². The number of rotatable bonds is 8. The molecule has 8 aromatic rings. The molecule has 7 heteroatoms. The number of carbonyl (C=O) groups excluding carboxylic acids is 1. The second-order valence-electron chi connectivity index (χ2n) is 12.3. The molecular weight excluding hydrogens is 605 g/mol. The van der Waals surface area contributed by atoms with Gasteiger partial charge in [-0.3, -0.25) is 19.6 Å². The predicted octanol–water partition coefficient (Wildman–Crippen LogP) is 8.61. The van der Waals surface area contributed by atoms with E-state index in [-0.39, 0.29) is 17.8 Å². The van der Waals surface area contributed by atoms with E-state index in [1.165, 1.54) is 0 Å². The van der Waals surface area contributed by atoms with E-state index in [2.05, 4.69) is 98.9 Å². The van der Waals surface area contributed by atoms with Crippen LogP contribution < -0.4 is 5.32 Å². The number of hydrogen-bond donors (Lipinski definition) is 2. The Hall–Kier alpha value is -6.34. The number of aryl methyl sites for hydroxylation is 1. The normalized spacial score (nSPS) is 12.3. The van der Waals surface area contributed by atoms with Gasteiger partial charge in [-0.2, -0.15) is 0 Å². The van der Waals surface area contributed by atoms with E-state index < -0.39 is 5.54 Å². The Kier molecular flexibility index (Phi) is 7.57. The van der Waals surface area contributed by atoms with Crippen LogP contribution in [0.2, 0.25) is 0 Å². The number of nitrogens with one attached hydrogen (secondary N) is 2. The van der Waals surface area contributed by atoms with Crippen LogP contribution >= 0.6 is 0 Å². The quantitative estimate of drug-likeness (QED) is 0.163. The molecule has 49 heavy (non-hydrogen) atoms. The minimum Gasteiger partial charge on any atom is -0.343 e. The third kappa shape index (κ3) is 5.26. The van der Waals surface area contributed by atoms with E-state index in [0.29, 0.717) is 11.0 Å². The molecule has 238 valence electrons. The minimum atomic E-state index is -0.804. The molecule has 0 bridgehead atoms. The number of H-pyrrole nitrogens is 1. The fourth-order valence-electron chi connectivity index (χ4n) is 6.91. The van der Waals surface area contributed by atoms with Crippen molar-refractivity contribution in [2.24, 2.45) is 0 Å². The zero-order chi connectivity index (χ0) is 33.4. The molecule has 1 atom stereocenters. The second kappa shape index (κ2) is 12.4. The van der Waals surface area contributed by atoms with Crippen molar-refractivity contribution in [3.8, 4) is 11.3 Å². The van der Waals surface area contributed by atoms with Gasteiger partial charge in [-0.1, -0.05) is 121 Å². The number of aromatic amines is 1. The third-order valence-corrected chi connectivity index (χ3v) is 9.23. The van der Waals surface area contributed by atoms with E-state index in [4.69, 9.17) is 9.97 Å². The van der Waals surface area contributed by atoms with Gasteiger partial charge in [0.15, 0.2) is 0 Å². The Morgan fingerprint density at radius 1 is 0.714 bits per heavy atom. The van der Waals surface area contributed by atoms with Gasteiger partial charge in [0.05, 0.1) is 28.3 Å². The van der Waals surface area contributed by atoms with Crippen molar-refractivity contribution >= 4 is 27.8 Å². The molecule has 0 saturated heterocycles. The highest BCUT2D eigenvalue weighted by Gasteiger charge is 2.40. The lowest BCUT2D eigenvalue weighted by Crippen LogP contribution is -2.38. The SMILES string of the molecule is Cc1cc(-c2[nH]n(C(c3ccccc3)(c3ccccc3)c3ccccc3)c3cc4nc(C(=O)NC(C)c5ccccc5)nc4cc23)ccn1. The molecule has 0 spiro atoms. The molecule has 3 heterocycles. The molecule has 0 saturated carbocycles. The number of imidazole rings is 1. The van der Waals surface area contributed by atoms with Gasteiger partial charge in [0, 0.05) is 22.8 Å². The molecule has 8 rings (SSSR count). The Bertz CT molecular complexity index is 2300. The number of hydrogen-bond acceptors (Lipinski definition) is 4. The van der Waals surface area contributed by atoms with Crippen molar-refractivity contribution in [3.05, 3.63) is 186 Å². The van der Waals surface area contributed by atoms with E-state index in [0.717, 1.165) is 50.1 Å². The number of aromatic nitrogens is 5. The first-order chi connectivity index (χ1) is 24.0. The zero-order valence-corrected chi connectivity index (χ0v) is 27.2. The second-order valence-corrected chi connectivity index (χ2v) is 12.3. The van der Waals surface area contributed by atoms with Gasteiger partial charge in [-0.25, -0.2) is 9.97 Å². The largest absolute Gasteiger partial charge is 0.343 e. The van der Waals surface area contributed by atoms with Gasteiger partial charge < -0.3 is 5.32 Å². The van der Waals surface area contributed by atoms with Crippen molar-refractivity contribution in [2.75, 3.05) is 0 Å². The number of fused-ring (bicyclic) bond motifs is 2. The first-order valence-electron chi connectivity index (χ1n) is 16.4. The molecular formula is C42H34N6O. The molecule has 0 aliphatic heterocycles. The van der Waals surface area contributed by atoms with Crippen LogP contribution in [-0.4, -0.2) is 30.6 Å². The summed E-state index contributed by atoms with van der Waals surface area (Å²) in [6, 6.07) is 49.5. The van der Waals surface area contributed by atoms with E-state index in [1.807, 2.05) is 86.8 Å². The molecule has 0 aliphatic rings. The van der Waals surface area contributed by atoms with Crippen LogP contribution in [0.3, 0.4) is 0 Å². The molecule has 0 fully saturated rings. The zero-order valence-electron chi connectivity index (χ0n) is 27.2. The predicted molar refractivity (Wildman–Crippen MR) is 194 cm³/mol. The fourth-order valence-corrected chi connectivity index (χ4v) is 6.91. The van der Waals surface area contributed by atoms with Crippen LogP contribution in [0.15, 0.2) is 152 Å². The number of benzene rings is 5. The lowest BCUT2D eigenvalue weighted by atomic mass is 9.77. The maximum atomic E-state index is 13.5. The highest BCUT2D eigenvalue weighted by atomic mass is 16.2. The molecule has 1 amide bonds. The molecule has 0 aliphatic carbocycles. The first kappa shape index (κ1) is 30.0. The Balaban J connectivity index is 1.40. The summed E-state index contributed by atoms with van der Waals surface area (Å²) in [4.78, 5) is 27.5. The number of nitrogens with zero attached hydrogens (tertiary/aromatic N) is 4. The molecule has 3 aromatic heterocycles. The van der Waals surface area contributed by atoms with Crippen molar-refractivity contribution in [3.63, 3.8) is 0 Å². The van der Waals surface area contributed by atoms with E-state index >= 15 is 0 Å². The monoisotopic (exact) mass is 638 g/mol. The van der Waals surface area contributed by atoms with Gasteiger partial charge in [0.25, 0.3) is 5.91 Å². The van der Waals surface area contributed by atoms with Gasteiger partial charge in [-0.15, -0.1) is 0 Å². The standard InChI is InChI=1S/C42H34N6O/c1-28-25-31(23-24-43-28)39-35-26-36-37(46-40(45-36)41(49)44-29(2)30-15-7-3-8-16-30)27-38(35)48(47-39)42(32-17-9-4-10-18-32,33-19-11-5-12-20-33)34-21-13-6-14-22-34/h3-27,29,47H,1-2H3,(H,44,49). The minimum absolute atomic E-state index is 0.141. The van der Waals surface area contributed by atoms with Gasteiger partial charge >= 0.3 is 0 Å². The Morgan fingerprint density at radius 2 is 1.24 bits per heavy atom. The summed E-state index contributed by atoms with van der Waals surface area (Å²) in [6.07, 6.45) is 1.83. The maximum absolute atomic E-state index is 13.5. The molecule has 7 nitrogen and oxygen atoms in total. The van der Waals surface area contributed by atoms with Crippen molar-refractivity contribution < 1.29 is 4.79 Å². The summed E-state index contributed by atoms with van der Waals surface area (Å²) >= 11 is 0. The molecule has 5 aromatic carbocycles. The summed E-state index contributed by atoms with van der Waals surface area (Å²) in [6.45, 7) is 3.95. The Labute approximate surface area is 284 Å². The van der Waals surface area contributed by atoms with Crippen LogP contribution in [0.5, 0.6) is 0 Å². The first-order valence-corrected chi connectivity index (χ1v) is 16.4. The molecule has 1 unspecified atom stereocenters. The average molecular weight is 639 g/mol. The number of amides is 1. The summed E-state index contributed by atoms with van der Waals surface area (Å²) in [7, 11) is 0. The van der Waals surface area contributed by atoms with Crippen LogP contribution in [0, 0.1) is 6.92 Å². The summed E-state index contributed by atoms with van der Waals surface area (Å²) in [5.74, 6) is -0.174.